The van der Waals surface area contributed by atoms with E-state index in [1.165, 1.54) is 0 Å². The van der Waals surface area contributed by atoms with Crippen molar-refractivity contribution in [2.75, 3.05) is 46.9 Å². The lowest BCUT2D eigenvalue weighted by atomic mass is 10.2. The van der Waals surface area contributed by atoms with Crippen LogP contribution in [0.4, 0.5) is 0 Å². The van der Waals surface area contributed by atoms with Crippen LogP contribution in [0.15, 0.2) is 28.7 Å². The second-order valence-corrected chi connectivity index (χ2v) is 6.89. The summed E-state index contributed by atoms with van der Waals surface area (Å²) >= 11 is 0. The molecule has 0 aliphatic carbocycles. The molecule has 1 aliphatic heterocycles. The molecule has 0 spiro atoms. The number of likely N-dealkylation sites (N-methyl/N-ethyl adjacent to an activating group) is 1. The van der Waals surface area contributed by atoms with Gasteiger partial charge in [0.1, 0.15) is 11.5 Å². The number of carbonyl (C=O) groups is 2. The maximum absolute atomic E-state index is 12.3. The van der Waals surface area contributed by atoms with Gasteiger partial charge < -0.3 is 24.3 Å². The van der Waals surface area contributed by atoms with Gasteiger partial charge in [0.2, 0.25) is 17.7 Å². The Hall–Kier alpha value is -2.87. The topological polar surface area (TPSA) is 87.9 Å². The van der Waals surface area contributed by atoms with Crippen molar-refractivity contribution in [2.45, 2.75) is 13.3 Å². The number of aryl methyl sites for hydroxylation is 1. The minimum absolute atomic E-state index is 0.00217. The van der Waals surface area contributed by atoms with E-state index in [0.29, 0.717) is 36.2 Å². The summed E-state index contributed by atoms with van der Waals surface area (Å²) in [5.74, 6) is 1.41. The van der Waals surface area contributed by atoms with Crippen LogP contribution in [0.3, 0.4) is 0 Å². The number of ether oxygens (including phenoxy) is 1. The molecule has 8 heteroatoms. The number of hydrogen-bond acceptors (Lipinski definition) is 6. The van der Waals surface area contributed by atoms with Gasteiger partial charge in [-0.3, -0.25) is 9.59 Å². The maximum atomic E-state index is 12.3. The molecule has 2 heterocycles. The highest BCUT2D eigenvalue weighted by Gasteiger charge is 2.20. The molecule has 0 atom stereocenters. The van der Waals surface area contributed by atoms with Crippen LogP contribution in [0.5, 0.6) is 5.75 Å². The van der Waals surface area contributed by atoms with Crippen molar-refractivity contribution in [3.05, 3.63) is 35.7 Å². The Bertz CT molecular complexity index is 840. The Morgan fingerprint density at radius 3 is 2.71 bits per heavy atom. The van der Waals surface area contributed by atoms with Gasteiger partial charge in [-0.25, -0.2) is 4.98 Å². The second kappa shape index (κ2) is 8.88. The molecule has 0 saturated carbocycles. The number of nitrogens with one attached hydrogen (secondary N) is 1. The predicted molar refractivity (Wildman–Crippen MR) is 104 cm³/mol. The summed E-state index contributed by atoms with van der Waals surface area (Å²) in [4.78, 5) is 32.9. The van der Waals surface area contributed by atoms with Gasteiger partial charge in [-0.15, -0.1) is 0 Å². The van der Waals surface area contributed by atoms with Crippen LogP contribution >= 0.6 is 0 Å². The van der Waals surface area contributed by atoms with E-state index < -0.39 is 0 Å². The fourth-order valence-electron chi connectivity index (χ4n) is 3.03. The first kappa shape index (κ1) is 19.9. The normalized spacial score (nSPS) is 14.8. The van der Waals surface area contributed by atoms with Crippen LogP contribution in [0.2, 0.25) is 0 Å². The molecule has 2 amide bonds. The molecule has 0 bridgehead atoms. The average Bonchev–Trinajstić information content (AvgIpc) is 3.07. The standard InChI is InChI=1S/C20H26N4O4/c1-14-17(22-20(28-14)15-5-4-6-16(11-15)27-3)12-18(25)21-13-19(26)24-9-7-23(2)8-10-24/h4-6,11H,7-10,12-13H2,1-3H3,(H,21,25). The summed E-state index contributed by atoms with van der Waals surface area (Å²) in [6, 6.07) is 7.38. The van der Waals surface area contributed by atoms with Gasteiger partial charge in [-0.1, -0.05) is 6.07 Å². The Labute approximate surface area is 164 Å². The van der Waals surface area contributed by atoms with Crippen molar-refractivity contribution >= 4 is 11.8 Å². The van der Waals surface area contributed by atoms with Crippen LogP contribution in [-0.4, -0.2) is 73.5 Å². The smallest absolute Gasteiger partial charge is 0.242 e. The summed E-state index contributed by atoms with van der Waals surface area (Å²) in [7, 11) is 3.63. The molecule has 2 aromatic rings. The molecule has 0 radical (unpaired) electrons. The van der Waals surface area contributed by atoms with Crippen LogP contribution < -0.4 is 10.1 Å². The maximum Gasteiger partial charge on any atom is 0.242 e. The van der Waals surface area contributed by atoms with Gasteiger partial charge in [-0.05, 0) is 32.2 Å². The third kappa shape index (κ3) is 4.89. The number of amides is 2. The van der Waals surface area contributed by atoms with Crippen molar-refractivity contribution in [1.82, 2.24) is 20.1 Å². The quantitative estimate of drug-likeness (QED) is 0.800. The number of piperazine rings is 1. The molecule has 1 aromatic carbocycles. The average molecular weight is 386 g/mol. The highest BCUT2D eigenvalue weighted by molar-refractivity contribution is 5.85. The molecule has 1 aromatic heterocycles. The summed E-state index contributed by atoms with van der Waals surface area (Å²) in [5, 5.41) is 2.69. The Kier molecular flexibility index (Phi) is 6.30. The SMILES string of the molecule is COc1cccc(-c2nc(CC(=O)NCC(=O)N3CCN(C)CC3)c(C)o2)c1. The van der Waals surface area contributed by atoms with Gasteiger partial charge in [-0.2, -0.15) is 0 Å². The van der Waals surface area contributed by atoms with Crippen LogP contribution in [0.1, 0.15) is 11.5 Å². The van der Waals surface area contributed by atoms with Crippen molar-refractivity contribution in [2.24, 2.45) is 0 Å². The van der Waals surface area contributed by atoms with Gasteiger partial charge in [0.25, 0.3) is 0 Å². The zero-order valence-corrected chi connectivity index (χ0v) is 16.5. The second-order valence-electron chi connectivity index (χ2n) is 6.89. The molecular weight excluding hydrogens is 360 g/mol. The zero-order chi connectivity index (χ0) is 20.1. The van der Waals surface area contributed by atoms with E-state index in [0.717, 1.165) is 18.7 Å². The monoisotopic (exact) mass is 386 g/mol. The number of methoxy groups -OCH3 is 1. The minimum atomic E-state index is -0.254. The molecule has 28 heavy (non-hydrogen) atoms. The number of oxazole rings is 1. The Morgan fingerprint density at radius 2 is 2.00 bits per heavy atom. The van der Waals surface area contributed by atoms with Crippen molar-refractivity contribution < 1.29 is 18.7 Å². The number of rotatable bonds is 6. The third-order valence-corrected chi connectivity index (χ3v) is 4.83. The van der Waals surface area contributed by atoms with Gasteiger partial charge >= 0.3 is 0 Å². The highest BCUT2D eigenvalue weighted by atomic mass is 16.5. The minimum Gasteiger partial charge on any atom is -0.497 e. The lowest BCUT2D eigenvalue weighted by Crippen LogP contribution is -2.50. The zero-order valence-electron chi connectivity index (χ0n) is 16.5. The predicted octanol–water partition coefficient (Wildman–Crippen LogP) is 1.09. The first-order valence-electron chi connectivity index (χ1n) is 9.30. The van der Waals surface area contributed by atoms with Gasteiger partial charge in [0.05, 0.1) is 25.8 Å². The van der Waals surface area contributed by atoms with Gasteiger partial charge in [0.15, 0.2) is 0 Å². The highest BCUT2D eigenvalue weighted by Crippen LogP contribution is 2.25. The molecule has 1 aliphatic rings. The van der Waals surface area contributed by atoms with Crippen molar-refractivity contribution in [3.63, 3.8) is 0 Å². The third-order valence-electron chi connectivity index (χ3n) is 4.83. The van der Waals surface area contributed by atoms with Crippen molar-refractivity contribution in [1.29, 1.82) is 0 Å². The molecule has 1 fully saturated rings. The summed E-state index contributed by atoms with van der Waals surface area (Å²) in [6.07, 6.45) is 0.0648. The molecule has 150 valence electrons. The lowest BCUT2D eigenvalue weighted by Gasteiger charge is -2.32. The lowest BCUT2D eigenvalue weighted by molar-refractivity contribution is -0.134. The fourth-order valence-corrected chi connectivity index (χ4v) is 3.03. The van der Waals surface area contributed by atoms with E-state index in [2.05, 4.69) is 15.2 Å². The van der Waals surface area contributed by atoms with E-state index in [1.807, 2.05) is 31.3 Å². The summed E-state index contributed by atoms with van der Waals surface area (Å²) in [5.41, 5.74) is 1.33. The molecular formula is C20H26N4O4. The number of carbonyl (C=O) groups excluding carboxylic acids is 2. The van der Waals surface area contributed by atoms with E-state index in [1.54, 1.807) is 18.9 Å². The number of benzene rings is 1. The molecule has 0 unspecified atom stereocenters. The molecule has 3 rings (SSSR count). The van der Waals surface area contributed by atoms with E-state index in [4.69, 9.17) is 9.15 Å². The van der Waals surface area contributed by atoms with Crippen LogP contribution in [-0.2, 0) is 16.0 Å². The first-order chi connectivity index (χ1) is 13.5. The van der Waals surface area contributed by atoms with Crippen molar-refractivity contribution in [3.8, 4) is 17.2 Å². The van der Waals surface area contributed by atoms with Crippen LogP contribution in [0, 0.1) is 6.92 Å². The molecule has 8 nitrogen and oxygen atoms in total. The molecule has 1 N–H and O–H groups in total. The van der Waals surface area contributed by atoms with E-state index in [9.17, 15) is 9.59 Å². The first-order valence-corrected chi connectivity index (χ1v) is 9.30. The van der Waals surface area contributed by atoms with E-state index >= 15 is 0 Å². The molecule has 1 saturated heterocycles. The largest absolute Gasteiger partial charge is 0.497 e. The number of nitrogens with zero attached hydrogens (tertiary/aromatic N) is 3. The number of hydrogen-bond donors (Lipinski definition) is 1. The summed E-state index contributed by atoms with van der Waals surface area (Å²) in [6.45, 7) is 4.86. The fraction of sp³-hybridized carbons (Fsp3) is 0.450. The Balaban J connectivity index is 1.55. The Morgan fingerprint density at radius 1 is 1.25 bits per heavy atom. The number of aromatic nitrogens is 1. The summed E-state index contributed by atoms with van der Waals surface area (Å²) < 4.78 is 10.9. The van der Waals surface area contributed by atoms with E-state index in [-0.39, 0.29) is 24.8 Å². The van der Waals surface area contributed by atoms with Crippen LogP contribution in [0.25, 0.3) is 11.5 Å². The van der Waals surface area contributed by atoms with Gasteiger partial charge in [0, 0.05) is 31.7 Å².